The Bertz CT molecular complexity index is 800. The summed E-state index contributed by atoms with van der Waals surface area (Å²) in [5.74, 6) is 1.73. The van der Waals surface area contributed by atoms with E-state index >= 15 is 0 Å². The highest BCUT2D eigenvalue weighted by molar-refractivity contribution is 6.31. The van der Waals surface area contributed by atoms with Crippen molar-refractivity contribution >= 4 is 17.5 Å². The van der Waals surface area contributed by atoms with Crippen LogP contribution in [-0.2, 0) is 13.1 Å². The van der Waals surface area contributed by atoms with Crippen molar-refractivity contribution in [1.82, 2.24) is 25.0 Å². The zero-order valence-electron chi connectivity index (χ0n) is 13.7. The fraction of sp³-hybridized carbons (Fsp3) is 0.471. The molecule has 4 rings (SSSR count). The van der Waals surface area contributed by atoms with Crippen LogP contribution in [0.1, 0.15) is 40.8 Å². The molecule has 1 N–H and O–H groups in total. The van der Waals surface area contributed by atoms with Crippen molar-refractivity contribution in [2.24, 2.45) is 0 Å². The number of piperidine rings is 1. The third-order valence-electron chi connectivity index (χ3n) is 4.97. The molecule has 0 aliphatic carbocycles. The Morgan fingerprint density at radius 1 is 1.24 bits per heavy atom. The lowest BCUT2D eigenvalue weighted by molar-refractivity contribution is 0.0710. The number of aromatic nitrogens is 3. The van der Waals surface area contributed by atoms with Gasteiger partial charge in [-0.25, -0.2) is 4.39 Å². The average Bonchev–Trinajstić information content (AvgIpc) is 3.08. The van der Waals surface area contributed by atoms with Crippen molar-refractivity contribution in [2.45, 2.75) is 31.8 Å². The fourth-order valence-corrected chi connectivity index (χ4v) is 3.75. The third-order valence-corrected chi connectivity index (χ3v) is 5.25. The number of likely N-dealkylation sites (tertiary alicyclic amines) is 1. The smallest absolute Gasteiger partial charge is 0.253 e. The lowest BCUT2D eigenvalue weighted by atomic mass is 9.95. The van der Waals surface area contributed by atoms with Crippen molar-refractivity contribution in [1.29, 1.82) is 0 Å². The Kier molecular flexibility index (Phi) is 4.43. The van der Waals surface area contributed by atoms with Crippen LogP contribution in [0.3, 0.4) is 0 Å². The van der Waals surface area contributed by atoms with Gasteiger partial charge in [0.15, 0.2) is 0 Å². The van der Waals surface area contributed by atoms with E-state index in [9.17, 15) is 9.18 Å². The summed E-state index contributed by atoms with van der Waals surface area (Å²) in [6, 6.07) is 4.11. The third kappa shape index (κ3) is 3.14. The predicted molar refractivity (Wildman–Crippen MR) is 91.0 cm³/mol. The molecule has 132 valence electrons. The molecule has 1 saturated heterocycles. The molecule has 25 heavy (non-hydrogen) atoms. The molecule has 0 atom stereocenters. The van der Waals surface area contributed by atoms with E-state index in [0.717, 1.165) is 44.1 Å². The van der Waals surface area contributed by atoms with Gasteiger partial charge in [-0.3, -0.25) is 4.79 Å². The van der Waals surface area contributed by atoms with Crippen LogP contribution in [0.5, 0.6) is 0 Å². The van der Waals surface area contributed by atoms with Gasteiger partial charge in [0.05, 0.1) is 11.6 Å². The molecule has 0 spiro atoms. The summed E-state index contributed by atoms with van der Waals surface area (Å²) in [7, 11) is 0. The summed E-state index contributed by atoms with van der Waals surface area (Å²) in [6.07, 6.45) is 1.71. The van der Waals surface area contributed by atoms with Gasteiger partial charge in [0.1, 0.15) is 17.5 Å². The standard InChI is InChI=1S/C17H19ClFN5O/c18-13-9-12(1-2-14(13)19)17(25)23-6-3-11(4-7-23)16-22-21-15-10-20-5-8-24(15)16/h1-2,9,11,20H,3-8,10H2. The number of rotatable bonds is 2. The zero-order valence-corrected chi connectivity index (χ0v) is 14.5. The molecule has 2 aliphatic rings. The van der Waals surface area contributed by atoms with Crippen molar-refractivity contribution in [3.8, 4) is 0 Å². The van der Waals surface area contributed by atoms with E-state index in [2.05, 4.69) is 20.1 Å². The number of hydrogen-bond acceptors (Lipinski definition) is 4. The van der Waals surface area contributed by atoms with Crippen molar-refractivity contribution in [3.05, 3.63) is 46.3 Å². The second-order valence-corrected chi connectivity index (χ2v) is 6.91. The van der Waals surface area contributed by atoms with E-state index in [0.29, 0.717) is 24.6 Å². The Hall–Kier alpha value is -1.99. The van der Waals surface area contributed by atoms with E-state index in [1.54, 1.807) is 4.90 Å². The lowest BCUT2D eigenvalue weighted by Crippen LogP contribution is -2.39. The van der Waals surface area contributed by atoms with Crippen LogP contribution in [0, 0.1) is 5.82 Å². The molecule has 1 fully saturated rings. The Morgan fingerprint density at radius 3 is 2.80 bits per heavy atom. The highest BCUT2D eigenvalue weighted by Gasteiger charge is 2.29. The maximum atomic E-state index is 13.3. The van der Waals surface area contributed by atoms with Crippen molar-refractivity contribution < 1.29 is 9.18 Å². The van der Waals surface area contributed by atoms with Gasteiger partial charge in [-0.2, -0.15) is 0 Å². The molecule has 6 nitrogen and oxygen atoms in total. The van der Waals surface area contributed by atoms with E-state index < -0.39 is 5.82 Å². The summed E-state index contributed by atoms with van der Waals surface area (Å²) in [5.41, 5.74) is 0.427. The van der Waals surface area contributed by atoms with Gasteiger partial charge in [-0.15, -0.1) is 10.2 Å². The number of fused-ring (bicyclic) bond motifs is 1. The van der Waals surface area contributed by atoms with Gasteiger partial charge < -0.3 is 14.8 Å². The first-order valence-corrected chi connectivity index (χ1v) is 8.88. The van der Waals surface area contributed by atoms with Gasteiger partial charge >= 0.3 is 0 Å². The molecule has 0 bridgehead atoms. The topological polar surface area (TPSA) is 63.1 Å². The molecule has 1 aromatic heterocycles. The number of carbonyl (C=O) groups is 1. The highest BCUT2D eigenvalue weighted by Crippen LogP contribution is 2.29. The van der Waals surface area contributed by atoms with Gasteiger partial charge in [-0.05, 0) is 31.0 Å². The van der Waals surface area contributed by atoms with Crippen LogP contribution < -0.4 is 5.32 Å². The molecular formula is C17H19ClFN5O. The van der Waals surface area contributed by atoms with Crippen LogP contribution in [0.15, 0.2) is 18.2 Å². The fourth-order valence-electron chi connectivity index (χ4n) is 3.57. The quantitative estimate of drug-likeness (QED) is 0.888. The molecule has 2 aromatic rings. The monoisotopic (exact) mass is 363 g/mol. The molecule has 3 heterocycles. The normalized spacial score (nSPS) is 18.2. The van der Waals surface area contributed by atoms with E-state index in [-0.39, 0.29) is 10.9 Å². The average molecular weight is 364 g/mol. The number of halogens is 2. The zero-order chi connectivity index (χ0) is 17.4. The first-order valence-electron chi connectivity index (χ1n) is 8.50. The van der Waals surface area contributed by atoms with Crippen LogP contribution in [0.2, 0.25) is 5.02 Å². The molecule has 1 amide bonds. The number of amides is 1. The Labute approximate surface area is 150 Å². The minimum atomic E-state index is -0.511. The number of benzene rings is 1. The maximum absolute atomic E-state index is 13.3. The van der Waals surface area contributed by atoms with Crippen LogP contribution in [0.25, 0.3) is 0 Å². The summed E-state index contributed by atoms with van der Waals surface area (Å²) in [4.78, 5) is 14.4. The minimum absolute atomic E-state index is 0.0237. The molecule has 1 aromatic carbocycles. The summed E-state index contributed by atoms with van der Waals surface area (Å²) < 4.78 is 15.5. The number of hydrogen-bond donors (Lipinski definition) is 1. The molecular weight excluding hydrogens is 345 g/mol. The first-order chi connectivity index (χ1) is 12.1. The van der Waals surface area contributed by atoms with E-state index in [4.69, 9.17) is 11.6 Å². The van der Waals surface area contributed by atoms with Gasteiger partial charge in [0.2, 0.25) is 0 Å². The Balaban J connectivity index is 1.43. The van der Waals surface area contributed by atoms with Gasteiger partial charge in [-0.1, -0.05) is 11.6 Å². The van der Waals surface area contributed by atoms with Crippen LogP contribution in [-0.4, -0.2) is 45.2 Å². The first kappa shape index (κ1) is 16.5. The largest absolute Gasteiger partial charge is 0.339 e. The highest BCUT2D eigenvalue weighted by atomic mass is 35.5. The van der Waals surface area contributed by atoms with Crippen LogP contribution >= 0.6 is 11.6 Å². The van der Waals surface area contributed by atoms with Crippen molar-refractivity contribution in [2.75, 3.05) is 19.6 Å². The van der Waals surface area contributed by atoms with Gasteiger partial charge in [0, 0.05) is 37.7 Å². The summed E-state index contributed by atoms with van der Waals surface area (Å²) >= 11 is 5.79. The molecule has 2 aliphatic heterocycles. The van der Waals surface area contributed by atoms with Gasteiger partial charge in [0.25, 0.3) is 5.91 Å². The maximum Gasteiger partial charge on any atom is 0.253 e. The van der Waals surface area contributed by atoms with Crippen molar-refractivity contribution in [3.63, 3.8) is 0 Å². The summed E-state index contributed by atoms with van der Waals surface area (Å²) in [6.45, 7) is 3.89. The second kappa shape index (κ2) is 6.72. The summed E-state index contributed by atoms with van der Waals surface area (Å²) in [5, 5.41) is 11.9. The predicted octanol–water partition coefficient (Wildman–Crippen LogP) is 2.19. The minimum Gasteiger partial charge on any atom is -0.339 e. The van der Waals surface area contributed by atoms with E-state index in [1.165, 1.54) is 18.2 Å². The lowest BCUT2D eigenvalue weighted by Gasteiger charge is -2.32. The van der Waals surface area contributed by atoms with Crippen LogP contribution in [0.4, 0.5) is 4.39 Å². The number of nitrogens with one attached hydrogen (secondary N) is 1. The molecule has 8 heteroatoms. The second-order valence-electron chi connectivity index (χ2n) is 6.50. The number of nitrogens with zero attached hydrogens (tertiary/aromatic N) is 4. The Morgan fingerprint density at radius 2 is 2.04 bits per heavy atom. The molecule has 0 unspecified atom stereocenters. The SMILES string of the molecule is O=C(c1ccc(F)c(Cl)c1)N1CCC(c2nnc3n2CCNC3)CC1. The molecule has 0 radical (unpaired) electrons. The molecule has 0 saturated carbocycles. The number of carbonyl (C=O) groups excluding carboxylic acids is 1. The van der Waals surface area contributed by atoms with E-state index in [1.807, 2.05) is 0 Å².